The molecule has 31 heavy (non-hydrogen) atoms. The number of halogens is 2. The largest absolute Gasteiger partial charge is 0.489 e. The molecule has 3 heterocycles. The summed E-state index contributed by atoms with van der Waals surface area (Å²) in [6.07, 6.45) is 0.101. The van der Waals surface area contributed by atoms with E-state index in [9.17, 15) is 9.18 Å². The standard InChI is InChI=1S/C21H18F2N4O4/c1-11-24-21(31-26-11)6-14-9-29-19-5-13(22)2-3-17(19)27(14)8-12-4-16-18(7-15(12)23)30-10-20(28)25-16/h2-5,7,14H,6,8-10H2,1H3,(H,25,28)/t14-/m1/s1/i8D2. The zero-order chi connectivity index (χ0) is 23.3. The van der Waals surface area contributed by atoms with Crippen molar-refractivity contribution in [2.45, 2.75) is 25.9 Å². The SMILES string of the molecule is [2H]C([2H])(c1cc2c(cc1F)OCC(=O)N2)N1c2ccc(F)cc2OC[C@H]1Cc1nc(C)no1. The summed E-state index contributed by atoms with van der Waals surface area (Å²) >= 11 is 0. The Balaban J connectivity index is 1.61. The van der Waals surface area contributed by atoms with Crippen molar-refractivity contribution in [3.05, 3.63) is 59.2 Å². The maximum atomic E-state index is 15.1. The van der Waals surface area contributed by atoms with Gasteiger partial charge in [-0.25, -0.2) is 8.78 Å². The second-order valence-electron chi connectivity index (χ2n) is 7.16. The van der Waals surface area contributed by atoms with Gasteiger partial charge in [-0.2, -0.15) is 4.98 Å². The van der Waals surface area contributed by atoms with Crippen molar-refractivity contribution in [2.24, 2.45) is 0 Å². The maximum Gasteiger partial charge on any atom is 0.262 e. The zero-order valence-corrected chi connectivity index (χ0v) is 16.3. The highest BCUT2D eigenvalue weighted by Crippen LogP contribution is 2.38. The van der Waals surface area contributed by atoms with Crippen LogP contribution in [0.5, 0.6) is 11.5 Å². The quantitative estimate of drug-likeness (QED) is 0.681. The zero-order valence-electron chi connectivity index (χ0n) is 18.3. The molecule has 3 aromatic rings. The van der Waals surface area contributed by atoms with E-state index in [2.05, 4.69) is 15.5 Å². The molecule has 2 aromatic carbocycles. The number of carbonyl (C=O) groups is 1. The lowest BCUT2D eigenvalue weighted by Crippen LogP contribution is -2.44. The minimum Gasteiger partial charge on any atom is -0.489 e. The number of carbonyl (C=O) groups excluding carboxylic acids is 1. The molecule has 10 heteroatoms. The van der Waals surface area contributed by atoms with Crippen LogP contribution in [0.2, 0.25) is 0 Å². The predicted octanol–water partition coefficient (Wildman–Crippen LogP) is 3.00. The molecule has 0 radical (unpaired) electrons. The van der Waals surface area contributed by atoms with Gasteiger partial charge in [-0.05, 0) is 25.1 Å². The minimum absolute atomic E-state index is 0.0379. The monoisotopic (exact) mass is 430 g/mol. The molecule has 2 aliphatic heterocycles. The predicted molar refractivity (Wildman–Crippen MR) is 105 cm³/mol. The Labute approximate surface area is 178 Å². The number of rotatable bonds is 4. The molecule has 1 N–H and O–H groups in total. The lowest BCUT2D eigenvalue weighted by Gasteiger charge is -2.38. The molecular weight excluding hydrogens is 410 g/mol. The first-order valence-electron chi connectivity index (χ1n) is 10.5. The smallest absolute Gasteiger partial charge is 0.262 e. The number of nitrogens with zero attached hydrogens (tertiary/aromatic N) is 3. The van der Waals surface area contributed by atoms with Crippen LogP contribution in [-0.4, -0.2) is 35.3 Å². The average molecular weight is 430 g/mol. The van der Waals surface area contributed by atoms with E-state index in [0.29, 0.717) is 5.82 Å². The van der Waals surface area contributed by atoms with Crippen molar-refractivity contribution in [1.82, 2.24) is 10.1 Å². The van der Waals surface area contributed by atoms with E-state index in [1.54, 1.807) is 6.92 Å². The third-order valence-electron chi connectivity index (χ3n) is 4.90. The first kappa shape index (κ1) is 17.0. The summed E-state index contributed by atoms with van der Waals surface area (Å²) in [5.41, 5.74) is 0.0467. The fourth-order valence-electron chi connectivity index (χ4n) is 3.50. The number of nitrogens with one attached hydrogen (secondary N) is 1. The number of hydrogen-bond acceptors (Lipinski definition) is 7. The van der Waals surface area contributed by atoms with Crippen molar-refractivity contribution in [3.8, 4) is 11.5 Å². The third kappa shape index (κ3) is 3.76. The van der Waals surface area contributed by atoms with Gasteiger partial charge in [0, 0.05) is 24.2 Å². The van der Waals surface area contributed by atoms with Crippen LogP contribution in [0.15, 0.2) is 34.9 Å². The number of fused-ring (bicyclic) bond motifs is 2. The van der Waals surface area contributed by atoms with E-state index in [1.165, 1.54) is 23.1 Å². The molecule has 0 saturated carbocycles. The Morgan fingerprint density at radius 3 is 2.94 bits per heavy atom. The molecule has 1 amide bonds. The summed E-state index contributed by atoms with van der Waals surface area (Å²) in [6.45, 7) is -1.09. The summed E-state index contributed by atoms with van der Waals surface area (Å²) < 4.78 is 62.9. The normalized spacial score (nSPS) is 18.7. The molecule has 0 unspecified atom stereocenters. The number of amides is 1. The molecule has 2 aliphatic rings. The van der Waals surface area contributed by atoms with Crippen LogP contribution in [0.3, 0.4) is 0 Å². The number of hydrogen-bond donors (Lipinski definition) is 1. The Bertz CT molecular complexity index is 1250. The summed E-state index contributed by atoms with van der Waals surface area (Å²) in [5, 5.41) is 6.31. The number of ether oxygens (including phenoxy) is 2. The van der Waals surface area contributed by atoms with Gasteiger partial charge in [-0.15, -0.1) is 0 Å². The first-order valence-corrected chi connectivity index (χ1v) is 9.50. The van der Waals surface area contributed by atoms with Gasteiger partial charge in [0.25, 0.3) is 5.91 Å². The van der Waals surface area contributed by atoms with Crippen molar-refractivity contribution < 1.29 is 30.3 Å². The Morgan fingerprint density at radius 1 is 1.26 bits per heavy atom. The number of aryl methyl sites for hydroxylation is 1. The highest BCUT2D eigenvalue weighted by atomic mass is 19.1. The van der Waals surface area contributed by atoms with E-state index >= 15 is 4.39 Å². The second-order valence-corrected chi connectivity index (χ2v) is 7.16. The van der Waals surface area contributed by atoms with Gasteiger partial charge in [0.1, 0.15) is 29.7 Å². The molecule has 0 fully saturated rings. The molecule has 5 rings (SSSR count). The Morgan fingerprint density at radius 2 is 2.13 bits per heavy atom. The van der Waals surface area contributed by atoms with E-state index < -0.39 is 30.1 Å². The molecule has 1 atom stereocenters. The van der Waals surface area contributed by atoms with Crippen molar-refractivity contribution in [2.75, 3.05) is 23.4 Å². The molecule has 0 aliphatic carbocycles. The highest BCUT2D eigenvalue weighted by molar-refractivity contribution is 5.95. The lowest BCUT2D eigenvalue weighted by atomic mass is 10.1. The molecule has 0 saturated heterocycles. The van der Waals surface area contributed by atoms with Gasteiger partial charge in [0.05, 0.1) is 26.6 Å². The lowest BCUT2D eigenvalue weighted by molar-refractivity contribution is -0.118. The van der Waals surface area contributed by atoms with E-state index in [0.717, 1.165) is 12.1 Å². The number of benzene rings is 2. The van der Waals surface area contributed by atoms with Gasteiger partial charge < -0.3 is 24.2 Å². The molecule has 1 aromatic heterocycles. The van der Waals surface area contributed by atoms with Gasteiger partial charge in [0.15, 0.2) is 12.4 Å². The summed E-state index contributed by atoms with van der Waals surface area (Å²) in [5.74, 6) is -0.968. The van der Waals surface area contributed by atoms with Crippen LogP contribution in [0.4, 0.5) is 20.2 Å². The highest BCUT2D eigenvalue weighted by Gasteiger charge is 2.31. The topological polar surface area (TPSA) is 89.7 Å². The van der Waals surface area contributed by atoms with Crippen molar-refractivity contribution in [3.63, 3.8) is 0 Å². The van der Waals surface area contributed by atoms with Crippen molar-refractivity contribution >= 4 is 17.3 Å². The van der Waals surface area contributed by atoms with Crippen LogP contribution < -0.4 is 19.7 Å². The van der Waals surface area contributed by atoms with Crippen LogP contribution in [0.25, 0.3) is 0 Å². The minimum atomic E-state index is -2.45. The van der Waals surface area contributed by atoms with Crippen LogP contribution in [0.1, 0.15) is 20.0 Å². The van der Waals surface area contributed by atoms with E-state index in [1.807, 2.05) is 0 Å². The average Bonchev–Trinajstić information content (AvgIpc) is 3.17. The summed E-state index contributed by atoms with van der Waals surface area (Å²) in [7, 11) is 0. The van der Waals surface area contributed by atoms with Crippen molar-refractivity contribution in [1.29, 1.82) is 0 Å². The van der Waals surface area contributed by atoms with Gasteiger partial charge in [0.2, 0.25) is 5.89 Å². The number of anilines is 2. The van der Waals surface area contributed by atoms with Gasteiger partial charge in [-0.3, -0.25) is 4.79 Å². The summed E-state index contributed by atoms with van der Waals surface area (Å²) in [4.78, 5) is 17.2. The van der Waals surface area contributed by atoms with E-state index in [4.69, 9.17) is 16.7 Å². The molecule has 160 valence electrons. The van der Waals surface area contributed by atoms with Crippen LogP contribution in [-0.2, 0) is 17.7 Å². The fraction of sp³-hybridized carbons (Fsp3) is 0.286. The van der Waals surface area contributed by atoms with Gasteiger partial charge >= 0.3 is 0 Å². The second kappa shape index (κ2) is 7.53. The van der Waals surface area contributed by atoms with E-state index in [-0.39, 0.29) is 54.0 Å². The molecule has 0 spiro atoms. The Kier molecular flexibility index (Phi) is 4.14. The number of aromatic nitrogens is 2. The first-order chi connectivity index (χ1) is 15.7. The molecular formula is C21H18F2N4O4. The van der Waals surface area contributed by atoms with Gasteiger partial charge in [-0.1, -0.05) is 5.16 Å². The van der Waals surface area contributed by atoms with Crippen LogP contribution in [0, 0.1) is 18.6 Å². The third-order valence-corrected chi connectivity index (χ3v) is 4.90. The fourth-order valence-corrected chi connectivity index (χ4v) is 3.50. The Hall–Kier alpha value is -3.69. The summed E-state index contributed by atoms with van der Waals surface area (Å²) in [6, 6.07) is 5.22. The maximum absolute atomic E-state index is 15.1. The molecule has 0 bridgehead atoms. The van der Waals surface area contributed by atoms with Crippen LogP contribution >= 0.6 is 0 Å². The molecule has 8 nitrogen and oxygen atoms in total.